The molecule has 0 saturated heterocycles. The van der Waals surface area contributed by atoms with E-state index >= 15 is 0 Å². The predicted octanol–water partition coefficient (Wildman–Crippen LogP) is 0.141. The fourth-order valence-corrected chi connectivity index (χ4v) is 1.78. The lowest BCUT2D eigenvalue weighted by atomic mass is 10.1. The highest BCUT2D eigenvalue weighted by atomic mass is 15.5. The first-order valence-corrected chi connectivity index (χ1v) is 5.26. The summed E-state index contributed by atoms with van der Waals surface area (Å²) in [5.41, 5.74) is 0. The summed E-state index contributed by atoms with van der Waals surface area (Å²) in [4.78, 5) is 0. The molecule has 1 heterocycles. The number of nitrogens with zero attached hydrogens (tertiary/aromatic N) is 4. The molecule has 1 aromatic heterocycles. The standard InChI is InChI=1S/C9H17N5/c1-3-10-8(7-4-5-7)6-9-11-12-13-14(9)2/h7-8,10H,3-6H2,1-2H3. The predicted molar refractivity (Wildman–Crippen MR) is 52.7 cm³/mol. The molecule has 1 N–H and O–H groups in total. The van der Waals surface area contributed by atoms with Gasteiger partial charge in [0.15, 0.2) is 5.82 Å². The van der Waals surface area contributed by atoms with Crippen molar-refractivity contribution in [3.05, 3.63) is 5.82 Å². The number of aryl methyl sites for hydroxylation is 1. The van der Waals surface area contributed by atoms with Crippen molar-refractivity contribution in [1.29, 1.82) is 0 Å². The van der Waals surface area contributed by atoms with E-state index in [1.165, 1.54) is 12.8 Å². The van der Waals surface area contributed by atoms with Gasteiger partial charge in [0.2, 0.25) is 0 Å². The van der Waals surface area contributed by atoms with Crippen LogP contribution in [0.5, 0.6) is 0 Å². The molecule has 1 atom stereocenters. The van der Waals surface area contributed by atoms with Crippen molar-refractivity contribution < 1.29 is 0 Å². The Morgan fingerprint density at radius 1 is 1.57 bits per heavy atom. The minimum absolute atomic E-state index is 0.560. The Morgan fingerprint density at radius 2 is 2.36 bits per heavy atom. The zero-order valence-electron chi connectivity index (χ0n) is 8.77. The molecule has 1 saturated carbocycles. The van der Waals surface area contributed by atoms with Crippen molar-refractivity contribution in [1.82, 2.24) is 25.5 Å². The minimum Gasteiger partial charge on any atom is -0.314 e. The lowest BCUT2D eigenvalue weighted by molar-refractivity contribution is 0.455. The van der Waals surface area contributed by atoms with E-state index in [0.29, 0.717) is 6.04 Å². The molecule has 1 aromatic rings. The van der Waals surface area contributed by atoms with Gasteiger partial charge in [0.05, 0.1) is 0 Å². The van der Waals surface area contributed by atoms with Crippen LogP contribution >= 0.6 is 0 Å². The van der Waals surface area contributed by atoms with Crippen LogP contribution in [0.25, 0.3) is 0 Å². The third kappa shape index (κ3) is 2.09. The van der Waals surface area contributed by atoms with Crippen molar-refractivity contribution >= 4 is 0 Å². The molecular weight excluding hydrogens is 178 g/mol. The normalized spacial score (nSPS) is 18.4. The molecule has 0 aromatic carbocycles. The maximum Gasteiger partial charge on any atom is 0.152 e. The first kappa shape index (κ1) is 9.58. The highest BCUT2D eigenvalue weighted by molar-refractivity contribution is 4.94. The Kier molecular flexibility index (Phi) is 2.77. The number of hydrogen-bond acceptors (Lipinski definition) is 4. The zero-order valence-corrected chi connectivity index (χ0v) is 8.77. The third-order valence-electron chi connectivity index (χ3n) is 2.77. The molecule has 0 bridgehead atoms. The molecule has 1 unspecified atom stereocenters. The van der Waals surface area contributed by atoms with Gasteiger partial charge in [0.1, 0.15) is 0 Å². The fourth-order valence-electron chi connectivity index (χ4n) is 1.78. The highest BCUT2D eigenvalue weighted by Gasteiger charge is 2.31. The van der Waals surface area contributed by atoms with Gasteiger partial charge in [-0.2, -0.15) is 0 Å². The molecule has 5 heteroatoms. The first-order valence-electron chi connectivity index (χ1n) is 5.26. The number of likely N-dealkylation sites (N-methyl/N-ethyl adjacent to an activating group) is 1. The van der Waals surface area contributed by atoms with Crippen LogP contribution in [0, 0.1) is 5.92 Å². The van der Waals surface area contributed by atoms with E-state index in [-0.39, 0.29) is 0 Å². The molecule has 1 fully saturated rings. The van der Waals surface area contributed by atoms with Crippen molar-refractivity contribution in [3.8, 4) is 0 Å². The van der Waals surface area contributed by atoms with Crippen LogP contribution in [0.1, 0.15) is 25.6 Å². The third-order valence-corrected chi connectivity index (χ3v) is 2.77. The van der Waals surface area contributed by atoms with Crippen molar-refractivity contribution in [2.24, 2.45) is 13.0 Å². The lowest BCUT2D eigenvalue weighted by Crippen LogP contribution is -2.33. The topological polar surface area (TPSA) is 55.6 Å². The smallest absolute Gasteiger partial charge is 0.152 e. The first-order chi connectivity index (χ1) is 6.81. The van der Waals surface area contributed by atoms with Crippen LogP contribution in [0.3, 0.4) is 0 Å². The van der Waals surface area contributed by atoms with Gasteiger partial charge in [-0.15, -0.1) is 5.10 Å². The van der Waals surface area contributed by atoms with E-state index in [1.807, 2.05) is 7.05 Å². The van der Waals surface area contributed by atoms with Gasteiger partial charge in [0, 0.05) is 19.5 Å². The molecular formula is C9H17N5. The maximum atomic E-state index is 4.01. The summed E-state index contributed by atoms with van der Waals surface area (Å²) < 4.78 is 1.76. The van der Waals surface area contributed by atoms with Gasteiger partial charge in [-0.05, 0) is 35.7 Å². The summed E-state index contributed by atoms with van der Waals surface area (Å²) in [7, 11) is 1.89. The summed E-state index contributed by atoms with van der Waals surface area (Å²) in [6.45, 7) is 3.16. The molecule has 1 aliphatic rings. The molecule has 5 nitrogen and oxygen atoms in total. The van der Waals surface area contributed by atoms with Crippen LogP contribution in [0.15, 0.2) is 0 Å². The quantitative estimate of drug-likeness (QED) is 0.726. The number of hydrogen-bond donors (Lipinski definition) is 1. The second-order valence-corrected chi connectivity index (χ2v) is 3.92. The number of nitrogens with one attached hydrogen (secondary N) is 1. The monoisotopic (exact) mass is 195 g/mol. The summed E-state index contributed by atoms with van der Waals surface area (Å²) >= 11 is 0. The molecule has 2 rings (SSSR count). The number of rotatable bonds is 5. The van der Waals surface area contributed by atoms with E-state index in [1.54, 1.807) is 4.68 Å². The molecule has 1 aliphatic carbocycles. The molecule has 78 valence electrons. The van der Waals surface area contributed by atoms with E-state index in [2.05, 4.69) is 27.8 Å². The summed E-state index contributed by atoms with van der Waals surface area (Å²) in [5.74, 6) is 1.81. The average molecular weight is 195 g/mol. The summed E-state index contributed by atoms with van der Waals surface area (Å²) in [6, 6.07) is 0.560. The highest BCUT2D eigenvalue weighted by Crippen LogP contribution is 2.33. The molecule has 0 radical (unpaired) electrons. The van der Waals surface area contributed by atoms with Crippen molar-refractivity contribution in [2.45, 2.75) is 32.2 Å². The summed E-state index contributed by atoms with van der Waals surface area (Å²) in [5, 5.41) is 15.0. The van der Waals surface area contributed by atoms with Crippen LogP contribution < -0.4 is 5.32 Å². The average Bonchev–Trinajstić information content (AvgIpc) is 2.93. The maximum absolute atomic E-state index is 4.01. The Hall–Kier alpha value is -0.970. The van der Waals surface area contributed by atoms with Crippen LogP contribution in [-0.4, -0.2) is 32.8 Å². The van der Waals surface area contributed by atoms with Crippen LogP contribution in [-0.2, 0) is 13.5 Å². The van der Waals surface area contributed by atoms with Crippen LogP contribution in [0.4, 0.5) is 0 Å². The number of tetrazole rings is 1. The Labute approximate surface area is 83.9 Å². The minimum atomic E-state index is 0.560. The van der Waals surface area contributed by atoms with E-state index in [0.717, 1.165) is 24.7 Å². The molecule has 0 amide bonds. The summed E-state index contributed by atoms with van der Waals surface area (Å²) in [6.07, 6.45) is 3.65. The van der Waals surface area contributed by atoms with E-state index in [9.17, 15) is 0 Å². The van der Waals surface area contributed by atoms with Crippen LogP contribution in [0.2, 0.25) is 0 Å². The zero-order chi connectivity index (χ0) is 9.97. The van der Waals surface area contributed by atoms with E-state index in [4.69, 9.17) is 0 Å². The number of aromatic nitrogens is 4. The van der Waals surface area contributed by atoms with Crippen molar-refractivity contribution in [3.63, 3.8) is 0 Å². The van der Waals surface area contributed by atoms with Crippen molar-refractivity contribution in [2.75, 3.05) is 6.54 Å². The Bertz CT molecular complexity index is 291. The van der Waals surface area contributed by atoms with Gasteiger partial charge in [-0.1, -0.05) is 6.92 Å². The Morgan fingerprint density at radius 3 is 2.86 bits per heavy atom. The molecule has 0 aliphatic heterocycles. The second-order valence-electron chi connectivity index (χ2n) is 3.92. The van der Waals surface area contributed by atoms with Gasteiger partial charge < -0.3 is 5.32 Å². The SMILES string of the molecule is CCNC(Cc1nnnn1C)C1CC1. The van der Waals surface area contributed by atoms with Gasteiger partial charge in [-0.25, -0.2) is 4.68 Å². The fraction of sp³-hybridized carbons (Fsp3) is 0.889. The van der Waals surface area contributed by atoms with E-state index < -0.39 is 0 Å². The van der Waals surface area contributed by atoms with Gasteiger partial charge in [0.25, 0.3) is 0 Å². The molecule has 14 heavy (non-hydrogen) atoms. The van der Waals surface area contributed by atoms with Gasteiger partial charge >= 0.3 is 0 Å². The second kappa shape index (κ2) is 4.04. The Balaban J connectivity index is 1.96. The van der Waals surface area contributed by atoms with Gasteiger partial charge in [-0.3, -0.25) is 0 Å². The molecule has 0 spiro atoms. The largest absolute Gasteiger partial charge is 0.314 e. The lowest BCUT2D eigenvalue weighted by Gasteiger charge is -2.15.